The third-order valence-electron chi connectivity index (χ3n) is 3.90. The van der Waals surface area contributed by atoms with Gasteiger partial charge in [-0.1, -0.05) is 0 Å². The van der Waals surface area contributed by atoms with Crippen molar-refractivity contribution in [1.82, 2.24) is 10.2 Å². The lowest BCUT2D eigenvalue weighted by atomic mass is 9.95. The van der Waals surface area contributed by atoms with Gasteiger partial charge in [-0.2, -0.15) is 0 Å². The van der Waals surface area contributed by atoms with Gasteiger partial charge in [0.15, 0.2) is 9.84 Å². The molecule has 0 radical (unpaired) electrons. The molecule has 0 aromatic heterocycles. The standard InChI is InChI=1S/C11H22N2O3S/c1-12-6-9-2-4-13(5-3-9)10-7-17(15,16)8-11(10)14/h9-12,14H,2-8H2,1H3. The molecule has 2 unspecified atom stereocenters. The SMILES string of the molecule is CNCC1CCN(C2CS(=O)(=O)CC2O)CC1. The van der Waals surface area contributed by atoms with Gasteiger partial charge in [-0.25, -0.2) is 8.42 Å². The second-order valence-electron chi connectivity index (χ2n) is 5.25. The Kier molecular flexibility index (Phi) is 4.07. The highest BCUT2D eigenvalue weighted by Crippen LogP contribution is 2.24. The first-order valence-corrected chi connectivity index (χ1v) is 8.11. The van der Waals surface area contributed by atoms with Gasteiger partial charge in [-0.05, 0) is 45.4 Å². The molecule has 6 heteroatoms. The second-order valence-corrected chi connectivity index (χ2v) is 7.40. The highest BCUT2D eigenvalue weighted by Gasteiger charge is 2.40. The number of aliphatic hydroxyl groups excluding tert-OH is 1. The van der Waals surface area contributed by atoms with Crippen molar-refractivity contribution in [2.24, 2.45) is 5.92 Å². The molecule has 0 spiro atoms. The fourth-order valence-corrected chi connectivity index (χ4v) is 4.77. The first-order chi connectivity index (χ1) is 8.02. The van der Waals surface area contributed by atoms with Gasteiger partial charge in [0.25, 0.3) is 0 Å². The predicted molar refractivity (Wildman–Crippen MR) is 66.7 cm³/mol. The summed E-state index contributed by atoms with van der Waals surface area (Å²) in [6, 6.07) is -0.171. The Morgan fingerprint density at radius 2 is 1.94 bits per heavy atom. The van der Waals surface area contributed by atoms with Gasteiger partial charge < -0.3 is 10.4 Å². The van der Waals surface area contributed by atoms with E-state index in [-0.39, 0.29) is 17.5 Å². The Hall–Kier alpha value is -0.170. The highest BCUT2D eigenvalue weighted by molar-refractivity contribution is 7.91. The van der Waals surface area contributed by atoms with Crippen molar-refractivity contribution in [2.75, 3.05) is 38.2 Å². The largest absolute Gasteiger partial charge is 0.390 e. The van der Waals surface area contributed by atoms with Crippen molar-refractivity contribution in [2.45, 2.75) is 25.0 Å². The van der Waals surface area contributed by atoms with Crippen LogP contribution in [0.15, 0.2) is 0 Å². The average molecular weight is 262 g/mol. The quantitative estimate of drug-likeness (QED) is 0.688. The second kappa shape index (κ2) is 5.22. The van der Waals surface area contributed by atoms with E-state index >= 15 is 0 Å². The average Bonchev–Trinajstić information content (AvgIpc) is 2.54. The van der Waals surface area contributed by atoms with Gasteiger partial charge in [0.05, 0.1) is 23.7 Å². The van der Waals surface area contributed by atoms with Crippen molar-refractivity contribution in [3.05, 3.63) is 0 Å². The Balaban J connectivity index is 1.89. The maximum absolute atomic E-state index is 11.5. The molecule has 17 heavy (non-hydrogen) atoms. The van der Waals surface area contributed by atoms with E-state index in [1.807, 2.05) is 7.05 Å². The van der Waals surface area contributed by atoms with Crippen LogP contribution in [0.3, 0.4) is 0 Å². The molecule has 2 rings (SSSR count). The summed E-state index contributed by atoms with van der Waals surface area (Å²) in [4.78, 5) is 2.15. The molecule has 2 aliphatic rings. The van der Waals surface area contributed by atoms with E-state index in [9.17, 15) is 13.5 Å². The van der Waals surface area contributed by atoms with Crippen molar-refractivity contribution in [1.29, 1.82) is 0 Å². The third kappa shape index (κ3) is 3.19. The zero-order valence-electron chi connectivity index (χ0n) is 10.3. The van der Waals surface area contributed by atoms with Crippen LogP contribution in [0.2, 0.25) is 0 Å². The number of sulfone groups is 1. The van der Waals surface area contributed by atoms with Crippen LogP contribution in [-0.4, -0.2) is 68.8 Å². The van der Waals surface area contributed by atoms with Crippen molar-refractivity contribution < 1.29 is 13.5 Å². The summed E-state index contributed by atoms with van der Waals surface area (Å²) in [5, 5.41) is 13.0. The number of rotatable bonds is 3. The molecule has 2 atom stereocenters. The molecular weight excluding hydrogens is 240 g/mol. The van der Waals surface area contributed by atoms with Gasteiger partial charge in [-0.15, -0.1) is 0 Å². The van der Waals surface area contributed by atoms with Gasteiger partial charge in [0, 0.05) is 0 Å². The molecule has 2 aliphatic heterocycles. The first-order valence-electron chi connectivity index (χ1n) is 6.29. The predicted octanol–water partition coefficient (Wildman–Crippen LogP) is -0.924. The summed E-state index contributed by atoms with van der Waals surface area (Å²) < 4.78 is 22.9. The molecule has 100 valence electrons. The van der Waals surface area contributed by atoms with Crippen LogP contribution >= 0.6 is 0 Å². The Morgan fingerprint density at radius 3 is 2.41 bits per heavy atom. The van der Waals surface area contributed by atoms with E-state index < -0.39 is 15.9 Å². The summed E-state index contributed by atoms with van der Waals surface area (Å²) >= 11 is 0. The molecule has 2 fully saturated rings. The molecular formula is C11H22N2O3S. The van der Waals surface area contributed by atoms with Crippen LogP contribution in [0.4, 0.5) is 0 Å². The van der Waals surface area contributed by atoms with E-state index in [4.69, 9.17) is 0 Å². The lowest BCUT2D eigenvalue weighted by Crippen LogP contribution is -2.47. The van der Waals surface area contributed by atoms with E-state index in [0.29, 0.717) is 5.92 Å². The van der Waals surface area contributed by atoms with E-state index in [0.717, 1.165) is 32.5 Å². The van der Waals surface area contributed by atoms with E-state index in [1.54, 1.807) is 0 Å². The number of likely N-dealkylation sites (tertiary alicyclic amines) is 1. The Labute approximate surface area is 103 Å². The van der Waals surface area contributed by atoms with Crippen LogP contribution in [0.1, 0.15) is 12.8 Å². The minimum Gasteiger partial charge on any atom is -0.390 e. The molecule has 0 aliphatic carbocycles. The van der Waals surface area contributed by atoms with Crippen LogP contribution in [0.25, 0.3) is 0 Å². The lowest BCUT2D eigenvalue weighted by molar-refractivity contribution is 0.0589. The highest BCUT2D eigenvalue weighted by atomic mass is 32.2. The number of nitrogens with one attached hydrogen (secondary N) is 1. The number of hydrogen-bond donors (Lipinski definition) is 2. The van der Waals surface area contributed by atoms with Crippen molar-refractivity contribution >= 4 is 9.84 Å². The molecule has 0 saturated carbocycles. The third-order valence-corrected chi connectivity index (χ3v) is 5.60. The Bertz CT molecular complexity index is 350. The molecule has 2 heterocycles. The van der Waals surface area contributed by atoms with Gasteiger partial charge in [0.1, 0.15) is 0 Å². The first kappa shape index (κ1) is 13.3. The van der Waals surface area contributed by atoms with Crippen LogP contribution in [0, 0.1) is 5.92 Å². The molecule has 2 N–H and O–H groups in total. The number of piperidine rings is 1. The van der Waals surface area contributed by atoms with Crippen LogP contribution in [0.5, 0.6) is 0 Å². The summed E-state index contributed by atoms with van der Waals surface area (Å²) in [7, 11) is -1.06. The maximum atomic E-state index is 11.5. The van der Waals surface area contributed by atoms with Crippen molar-refractivity contribution in [3.8, 4) is 0 Å². The molecule has 0 aromatic carbocycles. The minimum atomic E-state index is -3.02. The van der Waals surface area contributed by atoms with Gasteiger partial charge in [0.2, 0.25) is 0 Å². The topological polar surface area (TPSA) is 69.6 Å². The summed E-state index contributed by atoms with van der Waals surface area (Å²) in [6.07, 6.45) is 1.48. The number of nitrogens with zero attached hydrogens (tertiary/aromatic N) is 1. The summed E-state index contributed by atoms with van der Waals surface area (Å²) in [6.45, 7) is 2.84. The van der Waals surface area contributed by atoms with Crippen LogP contribution < -0.4 is 5.32 Å². The van der Waals surface area contributed by atoms with Gasteiger partial charge in [-0.3, -0.25) is 4.90 Å². The normalized spacial score (nSPS) is 35.2. The maximum Gasteiger partial charge on any atom is 0.154 e. The fourth-order valence-electron chi connectivity index (χ4n) is 2.94. The summed E-state index contributed by atoms with van der Waals surface area (Å²) in [5.41, 5.74) is 0. The van der Waals surface area contributed by atoms with Crippen LogP contribution in [-0.2, 0) is 9.84 Å². The lowest BCUT2D eigenvalue weighted by Gasteiger charge is -2.36. The number of hydrogen-bond acceptors (Lipinski definition) is 5. The molecule has 0 amide bonds. The van der Waals surface area contributed by atoms with E-state index in [2.05, 4.69) is 10.2 Å². The zero-order chi connectivity index (χ0) is 12.5. The van der Waals surface area contributed by atoms with E-state index in [1.165, 1.54) is 0 Å². The van der Waals surface area contributed by atoms with Crippen molar-refractivity contribution in [3.63, 3.8) is 0 Å². The molecule has 2 saturated heterocycles. The number of aliphatic hydroxyl groups is 1. The van der Waals surface area contributed by atoms with Gasteiger partial charge >= 0.3 is 0 Å². The Morgan fingerprint density at radius 1 is 1.29 bits per heavy atom. The molecule has 0 bridgehead atoms. The smallest absolute Gasteiger partial charge is 0.154 e. The molecule has 5 nitrogen and oxygen atoms in total. The minimum absolute atomic E-state index is 0.0614. The summed E-state index contributed by atoms with van der Waals surface area (Å²) in [5.74, 6) is 0.755. The zero-order valence-corrected chi connectivity index (χ0v) is 11.1. The monoisotopic (exact) mass is 262 g/mol. The molecule has 0 aromatic rings. The fraction of sp³-hybridized carbons (Fsp3) is 1.00.